The topological polar surface area (TPSA) is 29.5 Å². The van der Waals surface area contributed by atoms with E-state index in [4.69, 9.17) is 4.74 Å². The fourth-order valence-electron chi connectivity index (χ4n) is 4.51. The minimum atomic E-state index is -0.586. The molecule has 0 N–H and O–H groups in total. The minimum Gasteiger partial charge on any atom is -0.465 e. The van der Waals surface area contributed by atoms with Crippen molar-refractivity contribution in [3.63, 3.8) is 0 Å². The molecule has 0 aromatic heterocycles. The fraction of sp³-hybridized carbons (Fsp3) is 0.321. The molecule has 1 heterocycles. The number of ether oxygens (including phenoxy) is 1. The summed E-state index contributed by atoms with van der Waals surface area (Å²) in [5, 5.41) is 0. The molecule has 3 aromatic carbocycles. The Hall–Kier alpha value is -2.08. The molecule has 0 aliphatic carbocycles. The normalized spacial score (nSPS) is 15.4. The van der Waals surface area contributed by atoms with Crippen LogP contribution in [0.4, 0.5) is 0 Å². The van der Waals surface area contributed by atoms with Crippen LogP contribution in [0.25, 0.3) is 0 Å². The van der Waals surface area contributed by atoms with E-state index in [2.05, 4.69) is 77.7 Å². The lowest BCUT2D eigenvalue weighted by atomic mass is 9.72. The lowest BCUT2D eigenvalue weighted by molar-refractivity contribution is -0.152. The molecule has 0 saturated carbocycles. The van der Waals surface area contributed by atoms with Crippen LogP contribution in [0, 0.1) is 0 Å². The Morgan fingerprint density at radius 2 is 1.52 bits per heavy atom. The van der Waals surface area contributed by atoms with Crippen LogP contribution in [0.2, 0.25) is 0 Å². The van der Waals surface area contributed by atoms with Crippen LogP contribution in [-0.2, 0) is 21.4 Å². The molecule has 3 nitrogen and oxygen atoms in total. The van der Waals surface area contributed by atoms with Crippen LogP contribution in [0.15, 0.2) is 94.7 Å². The molecule has 4 rings (SSSR count). The molecule has 33 heavy (non-hydrogen) atoms. The number of rotatable bonds is 8. The van der Waals surface area contributed by atoms with E-state index in [1.807, 2.05) is 19.1 Å². The SMILES string of the molecule is Br.CCOC(=O)C1(c2ccccc2Sc2ccccc2)CCN(CCc2ccccc2)CC1. The van der Waals surface area contributed by atoms with Gasteiger partial charge in [0.15, 0.2) is 0 Å². The lowest BCUT2D eigenvalue weighted by Gasteiger charge is -2.41. The molecule has 5 heteroatoms. The van der Waals surface area contributed by atoms with E-state index >= 15 is 0 Å². The first kappa shape index (κ1) is 25.5. The van der Waals surface area contributed by atoms with E-state index in [0.29, 0.717) is 6.61 Å². The van der Waals surface area contributed by atoms with E-state index in [0.717, 1.165) is 49.4 Å². The monoisotopic (exact) mass is 525 g/mol. The number of hydrogen-bond acceptors (Lipinski definition) is 4. The maximum Gasteiger partial charge on any atom is 0.316 e. The van der Waals surface area contributed by atoms with Crippen LogP contribution >= 0.6 is 28.7 Å². The molecule has 174 valence electrons. The van der Waals surface area contributed by atoms with Crippen LogP contribution in [0.5, 0.6) is 0 Å². The number of nitrogens with zero attached hydrogens (tertiary/aromatic N) is 1. The molecule has 0 radical (unpaired) electrons. The molecule has 1 aliphatic rings. The maximum absolute atomic E-state index is 13.4. The highest BCUT2D eigenvalue weighted by Crippen LogP contribution is 2.43. The van der Waals surface area contributed by atoms with Crippen molar-refractivity contribution >= 4 is 34.7 Å². The van der Waals surface area contributed by atoms with Crippen molar-refractivity contribution in [1.29, 1.82) is 0 Å². The Kier molecular flexibility index (Phi) is 9.60. The van der Waals surface area contributed by atoms with Crippen LogP contribution in [0.3, 0.4) is 0 Å². The van der Waals surface area contributed by atoms with Gasteiger partial charge in [0.05, 0.1) is 12.0 Å². The summed E-state index contributed by atoms with van der Waals surface area (Å²) in [5.41, 5.74) is 1.88. The standard InChI is InChI=1S/C28H31NO2S.BrH/c1-2-31-27(30)28(18-21-29(22-19-28)20-17-23-11-5-3-6-12-23)25-15-9-10-16-26(25)32-24-13-7-4-8-14-24;/h3-16H,2,17-22H2,1H3;1H. The Bertz CT molecular complexity index is 1000. The van der Waals surface area contributed by atoms with Crippen LogP contribution < -0.4 is 0 Å². The second kappa shape index (κ2) is 12.4. The van der Waals surface area contributed by atoms with Crippen molar-refractivity contribution in [3.8, 4) is 0 Å². The molecule has 0 atom stereocenters. The smallest absolute Gasteiger partial charge is 0.316 e. The average molecular weight is 527 g/mol. The van der Waals surface area contributed by atoms with E-state index in [-0.39, 0.29) is 23.0 Å². The zero-order valence-electron chi connectivity index (χ0n) is 19.1. The van der Waals surface area contributed by atoms with E-state index in [9.17, 15) is 4.79 Å². The Morgan fingerprint density at radius 1 is 0.909 bits per heavy atom. The van der Waals surface area contributed by atoms with Gasteiger partial charge in [-0.25, -0.2) is 0 Å². The number of benzene rings is 3. The van der Waals surface area contributed by atoms with Gasteiger partial charge >= 0.3 is 5.97 Å². The van der Waals surface area contributed by atoms with Gasteiger partial charge in [-0.15, -0.1) is 17.0 Å². The van der Waals surface area contributed by atoms with Crippen molar-refractivity contribution in [2.45, 2.75) is 41.4 Å². The summed E-state index contributed by atoms with van der Waals surface area (Å²) in [6.07, 6.45) is 2.60. The van der Waals surface area contributed by atoms with Crippen molar-refractivity contribution in [1.82, 2.24) is 4.90 Å². The highest BCUT2D eigenvalue weighted by Gasteiger charge is 2.45. The third-order valence-electron chi connectivity index (χ3n) is 6.31. The van der Waals surface area contributed by atoms with E-state index < -0.39 is 5.41 Å². The Balaban J connectivity index is 0.00000306. The number of carbonyl (C=O) groups is 1. The zero-order chi connectivity index (χ0) is 22.2. The summed E-state index contributed by atoms with van der Waals surface area (Å²) >= 11 is 1.73. The number of likely N-dealkylation sites (tertiary alicyclic amines) is 1. The summed E-state index contributed by atoms with van der Waals surface area (Å²) in [4.78, 5) is 18.2. The Morgan fingerprint density at radius 3 is 2.18 bits per heavy atom. The molecule has 1 saturated heterocycles. The van der Waals surface area contributed by atoms with Gasteiger partial charge in [-0.05, 0) is 68.6 Å². The quantitative estimate of drug-likeness (QED) is 0.311. The zero-order valence-corrected chi connectivity index (χ0v) is 21.6. The number of hydrogen-bond donors (Lipinski definition) is 0. The molecule has 0 bridgehead atoms. The largest absolute Gasteiger partial charge is 0.465 e. The summed E-state index contributed by atoms with van der Waals surface area (Å²) < 4.78 is 5.64. The molecular weight excluding hydrogens is 494 g/mol. The molecule has 0 spiro atoms. The third kappa shape index (κ3) is 6.28. The highest BCUT2D eigenvalue weighted by atomic mass is 79.9. The number of halogens is 1. The van der Waals surface area contributed by atoms with Gasteiger partial charge in [-0.2, -0.15) is 0 Å². The van der Waals surface area contributed by atoms with Gasteiger partial charge in [0, 0.05) is 16.3 Å². The Labute approximate surface area is 212 Å². The van der Waals surface area contributed by atoms with Gasteiger partial charge < -0.3 is 9.64 Å². The fourth-order valence-corrected chi connectivity index (χ4v) is 5.58. The second-order valence-corrected chi connectivity index (χ2v) is 9.41. The van der Waals surface area contributed by atoms with Gasteiger partial charge in [-0.1, -0.05) is 78.5 Å². The van der Waals surface area contributed by atoms with E-state index in [1.165, 1.54) is 10.5 Å². The first-order valence-electron chi connectivity index (χ1n) is 11.5. The summed E-state index contributed by atoms with van der Waals surface area (Å²) in [6.45, 7) is 5.12. The molecule has 0 amide bonds. The van der Waals surface area contributed by atoms with Crippen molar-refractivity contribution in [3.05, 3.63) is 96.1 Å². The second-order valence-electron chi connectivity index (χ2n) is 8.29. The number of piperidine rings is 1. The summed E-state index contributed by atoms with van der Waals surface area (Å²) in [5.74, 6) is -0.0798. The summed E-state index contributed by atoms with van der Waals surface area (Å²) in [7, 11) is 0. The van der Waals surface area contributed by atoms with Gasteiger partial charge in [0.2, 0.25) is 0 Å². The summed E-state index contributed by atoms with van der Waals surface area (Å²) in [6, 6.07) is 29.4. The molecule has 1 aliphatic heterocycles. The van der Waals surface area contributed by atoms with Crippen LogP contribution in [-0.4, -0.2) is 37.1 Å². The predicted molar refractivity (Wildman–Crippen MR) is 141 cm³/mol. The lowest BCUT2D eigenvalue weighted by Crippen LogP contribution is -2.48. The first-order chi connectivity index (χ1) is 15.7. The van der Waals surface area contributed by atoms with Gasteiger partial charge in [0.25, 0.3) is 0 Å². The predicted octanol–water partition coefficient (Wildman–Crippen LogP) is 6.56. The van der Waals surface area contributed by atoms with Crippen molar-refractivity contribution in [2.24, 2.45) is 0 Å². The van der Waals surface area contributed by atoms with Gasteiger partial charge in [0.1, 0.15) is 0 Å². The highest BCUT2D eigenvalue weighted by molar-refractivity contribution is 8.93. The van der Waals surface area contributed by atoms with Crippen molar-refractivity contribution in [2.75, 3.05) is 26.2 Å². The molecule has 0 unspecified atom stereocenters. The third-order valence-corrected chi connectivity index (χ3v) is 7.39. The van der Waals surface area contributed by atoms with E-state index in [1.54, 1.807) is 11.8 Å². The molecular formula is C28H32BrNO2S. The number of carbonyl (C=O) groups excluding carboxylic acids is 1. The minimum absolute atomic E-state index is 0. The number of esters is 1. The first-order valence-corrected chi connectivity index (χ1v) is 12.3. The maximum atomic E-state index is 13.4. The molecule has 1 fully saturated rings. The average Bonchev–Trinajstić information content (AvgIpc) is 2.85. The van der Waals surface area contributed by atoms with Crippen molar-refractivity contribution < 1.29 is 9.53 Å². The van der Waals surface area contributed by atoms with Gasteiger partial charge in [-0.3, -0.25) is 4.79 Å². The van der Waals surface area contributed by atoms with Crippen LogP contribution in [0.1, 0.15) is 30.9 Å². The molecule has 3 aromatic rings.